The van der Waals surface area contributed by atoms with Crippen molar-refractivity contribution in [1.82, 2.24) is 5.01 Å². The maximum Gasteiger partial charge on any atom is 0.272 e. The molecule has 3 rings (SSSR count). The van der Waals surface area contributed by atoms with Crippen LogP contribution in [0.5, 0.6) is 0 Å². The molecule has 1 heterocycles. The first-order chi connectivity index (χ1) is 14.0. The van der Waals surface area contributed by atoms with Crippen molar-refractivity contribution in [3.8, 4) is 12.1 Å². The Hall–Kier alpha value is -4.04. The van der Waals surface area contributed by atoms with Crippen LogP contribution in [0.2, 0.25) is 0 Å². The second-order valence-corrected chi connectivity index (χ2v) is 6.68. The standard InChI is InChI=1S/C21H17N5O3/c1-14-19(21(27)25(24-14)13-15-7-3-2-4-8-15)20(16(11-22)12-23)17-9-5-6-10-18(17)26(28)29/h2-10,16,19-20H,13H2,1H3/t19-,20+/m0/s1. The van der Waals surface area contributed by atoms with Crippen LogP contribution >= 0.6 is 0 Å². The Morgan fingerprint density at radius 1 is 1.14 bits per heavy atom. The lowest BCUT2D eigenvalue weighted by Gasteiger charge is -2.24. The normalized spacial score (nSPS) is 16.8. The fraction of sp³-hybridized carbons (Fsp3) is 0.238. The molecule has 1 amide bonds. The first kappa shape index (κ1) is 19.7. The number of benzene rings is 2. The van der Waals surface area contributed by atoms with E-state index in [9.17, 15) is 25.4 Å². The smallest absolute Gasteiger partial charge is 0.272 e. The number of nitrogens with zero attached hydrogens (tertiary/aromatic N) is 5. The van der Waals surface area contributed by atoms with Crippen molar-refractivity contribution in [3.63, 3.8) is 0 Å². The van der Waals surface area contributed by atoms with E-state index in [2.05, 4.69) is 5.10 Å². The fourth-order valence-electron chi connectivity index (χ4n) is 3.60. The molecule has 0 fully saturated rings. The zero-order valence-electron chi connectivity index (χ0n) is 15.6. The van der Waals surface area contributed by atoms with Gasteiger partial charge in [0.1, 0.15) is 5.92 Å². The summed E-state index contributed by atoms with van der Waals surface area (Å²) in [6.45, 7) is 1.88. The van der Waals surface area contributed by atoms with Crippen LogP contribution in [-0.4, -0.2) is 21.6 Å². The molecule has 144 valence electrons. The summed E-state index contributed by atoms with van der Waals surface area (Å²) in [6.07, 6.45) is 0. The third-order valence-electron chi connectivity index (χ3n) is 4.91. The molecule has 0 bridgehead atoms. The SMILES string of the molecule is CC1=NN(Cc2ccccc2)C(=O)[C@@H]1[C@@H](c1ccccc1[N+](=O)[O-])C(C#N)C#N. The Labute approximate surface area is 167 Å². The summed E-state index contributed by atoms with van der Waals surface area (Å²) >= 11 is 0. The molecule has 2 aromatic rings. The highest BCUT2D eigenvalue weighted by Gasteiger charge is 2.45. The third kappa shape index (κ3) is 3.83. The van der Waals surface area contributed by atoms with Crippen LogP contribution in [0, 0.1) is 44.6 Å². The van der Waals surface area contributed by atoms with E-state index in [1.54, 1.807) is 13.0 Å². The predicted molar refractivity (Wildman–Crippen MR) is 104 cm³/mol. The minimum Gasteiger partial charge on any atom is -0.272 e. The van der Waals surface area contributed by atoms with Gasteiger partial charge in [0, 0.05) is 23.3 Å². The molecule has 0 spiro atoms. The van der Waals surface area contributed by atoms with Crippen LogP contribution in [0.15, 0.2) is 59.7 Å². The molecule has 29 heavy (non-hydrogen) atoms. The van der Waals surface area contributed by atoms with Gasteiger partial charge in [0.15, 0.2) is 0 Å². The fourth-order valence-corrected chi connectivity index (χ4v) is 3.60. The largest absolute Gasteiger partial charge is 0.272 e. The predicted octanol–water partition coefficient (Wildman–Crippen LogP) is 3.38. The van der Waals surface area contributed by atoms with E-state index in [0.717, 1.165) is 5.56 Å². The second kappa shape index (κ2) is 8.32. The van der Waals surface area contributed by atoms with E-state index >= 15 is 0 Å². The van der Waals surface area contributed by atoms with Crippen molar-refractivity contribution >= 4 is 17.3 Å². The van der Waals surface area contributed by atoms with Crippen molar-refractivity contribution in [3.05, 3.63) is 75.8 Å². The van der Waals surface area contributed by atoms with Crippen LogP contribution < -0.4 is 0 Å². The zero-order chi connectivity index (χ0) is 21.0. The van der Waals surface area contributed by atoms with Gasteiger partial charge in [0.25, 0.3) is 11.6 Å². The zero-order valence-corrected chi connectivity index (χ0v) is 15.6. The molecule has 0 radical (unpaired) electrons. The summed E-state index contributed by atoms with van der Waals surface area (Å²) in [5.74, 6) is -3.55. The molecule has 0 saturated carbocycles. The Morgan fingerprint density at radius 3 is 2.38 bits per heavy atom. The molecular formula is C21H17N5O3. The molecule has 8 nitrogen and oxygen atoms in total. The van der Waals surface area contributed by atoms with Crippen LogP contribution in [0.3, 0.4) is 0 Å². The monoisotopic (exact) mass is 387 g/mol. The van der Waals surface area contributed by atoms with Gasteiger partial charge < -0.3 is 0 Å². The molecule has 0 N–H and O–H groups in total. The van der Waals surface area contributed by atoms with Crippen molar-refractivity contribution in [2.24, 2.45) is 16.9 Å². The molecule has 0 aliphatic carbocycles. The third-order valence-corrected chi connectivity index (χ3v) is 4.91. The Balaban J connectivity index is 2.03. The number of hydrogen-bond acceptors (Lipinski definition) is 6. The number of nitriles is 2. The minimum absolute atomic E-state index is 0.181. The van der Waals surface area contributed by atoms with Crippen LogP contribution in [0.25, 0.3) is 0 Å². The maximum atomic E-state index is 13.2. The minimum atomic E-state index is -1.24. The van der Waals surface area contributed by atoms with E-state index in [1.165, 1.54) is 23.2 Å². The topological polar surface area (TPSA) is 123 Å². The number of hydrazone groups is 1. The van der Waals surface area contributed by atoms with E-state index < -0.39 is 22.7 Å². The van der Waals surface area contributed by atoms with Crippen molar-refractivity contribution in [2.45, 2.75) is 19.4 Å². The highest BCUT2D eigenvalue weighted by molar-refractivity contribution is 6.08. The number of hydrogen-bond donors (Lipinski definition) is 0. The summed E-state index contributed by atoms with van der Waals surface area (Å²) < 4.78 is 0. The lowest BCUT2D eigenvalue weighted by atomic mass is 9.75. The summed E-state index contributed by atoms with van der Waals surface area (Å²) in [5, 5.41) is 36.2. The van der Waals surface area contributed by atoms with Gasteiger partial charge in [-0.1, -0.05) is 48.5 Å². The molecule has 0 saturated heterocycles. The summed E-state index contributed by atoms with van der Waals surface area (Å²) in [7, 11) is 0. The van der Waals surface area contributed by atoms with Gasteiger partial charge in [-0.25, -0.2) is 5.01 Å². The van der Waals surface area contributed by atoms with Crippen LogP contribution in [0.1, 0.15) is 24.0 Å². The van der Waals surface area contributed by atoms with E-state index in [-0.39, 0.29) is 23.7 Å². The Kier molecular flexibility index (Phi) is 5.66. The van der Waals surface area contributed by atoms with Gasteiger partial charge >= 0.3 is 0 Å². The number of carbonyl (C=O) groups is 1. The summed E-state index contributed by atoms with van der Waals surface area (Å²) in [5.41, 5.74) is 1.25. The summed E-state index contributed by atoms with van der Waals surface area (Å²) in [6, 6.07) is 19.0. The number of amides is 1. The van der Waals surface area contributed by atoms with Gasteiger partial charge in [-0.2, -0.15) is 15.6 Å². The maximum absolute atomic E-state index is 13.2. The van der Waals surface area contributed by atoms with Crippen molar-refractivity contribution in [1.29, 1.82) is 10.5 Å². The van der Waals surface area contributed by atoms with Crippen LogP contribution in [0.4, 0.5) is 5.69 Å². The lowest BCUT2D eigenvalue weighted by Crippen LogP contribution is -2.34. The first-order valence-corrected chi connectivity index (χ1v) is 8.91. The van der Waals surface area contributed by atoms with Crippen molar-refractivity contribution < 1.29 is 9.72 Å². The van der Waals surface area contributed by atoms with Gasteiger partial charge in [-0.15, -0.1) is 0 Å². The number of para-hydroxylation sites is 1. The van der Waals surface area contributed by atoms with Gasteiger partial charge in [-0.05, 0) is 12.5 Å². The molecule has 2 aromatic carbocycles. The number of carbonyl (C=O) groups excluding carboxylic acids is 1. The lowest BCUT2D eigenvalue weighted by molar-refractivity contribution is -0.385. The highest BCUT2D eigenvalue weighted by atomic mass is 16.6. The molecule has 8 heteroatoms. The van der Waals surface area contributed by atoms with E-state index in [1.807, 2.05) is 42.5 Å². The van der Waals surface area contributed by atoms with Gasteiger partial charge in [-0.3, -0.25) is 14.9 Å². The molecule has 1 aliphatic heterocycles. The average Bonchev–Trinajstić information content (AvgIpc) is 3.00. The van der Waals surface area contributed by atoms with Crippen molar-refractivity contribution in [2.75, 3.05) is 0 Å². The highest BCUT2D eigenvalue weighted by Crippen LogP contribution is 2.41. The average molecular weight is 387 g/mol. The molecule has 1 aliphatic rings. The Bertz CT molecular complexity index is 1040. The molecule has 0 unspecified atom stereocenters. The molecule has 2 atom stereocenters. The summed E-state index contributed by atoms with van der Waals surface area (Å²) in [4.78, 5) is 24.1. The van der Waals surface area contributed by atoms with Gasteiger partial charge in [0.05, 0.1) is 29.5 Å². The first-order valence-electron chi connectivity index (χ1n) is 8.91. The van der Waals surface area contributed by atoms with Gasteiger partial charge in [0.2, 0.25) is 0 Å². The van der Waals surface area contributed by atoms with E-state index in [4.69, 9.17) is 0 Å². The quantitative estimate of drug-likeness (QED) is 0.555. The molecule has 0 aromatic heterocycles. The number of nitro benzene ring substituents is 1. The van der Waals surface area contributed by atoms with E-state index in [0.29, 0.717) is 5.71 Å². The Morgan fingerprint density at radius 2 is 1.76 bits per heavy atom. The second-order valence-electron chi connectivity index (χ2n) is 6.68. The molecular weight excluding hydrogens is 370 g/mol. The van der Waals surface area contributed by atoms with Crippen LogP contribution in [-0.2, 0) is 11.3 Å². The number of rotatable bonds is 6. The number of nitro groups is 1.